The van der Waals surface area contributed by atoms with E-state index in [-0.39, 0.29) is 24.7 Å². The highest BCUT2D eigenvalue weighted by atomic mass is 16.5. The number of rotatable bonds is 6. The molecule has 1 rings (SSSR count). The Kier molecular flexibility index (Phi) is 4.84. The molecule has 0 spiro atoms. The molecule has 0 saturated carbocycles. The minimum absolute atomic E-state index is 0.233. The number of hydrogen-bond acceptors (Lipinski definition) is 5. The topological polar surface area (TPSA) is 92.7 Å². The van der Waals surface area contributed by atoms with E-state index in [4.69, 9.17) is 4.74 Å². The third-order valence-corrected chi connectivity index (χ3v) is 3.19. The van der Waals surface area contributed by atoms with E-state index in [1.807, 2.05) is 0 Å². The van der Waals surface area contributed by atoms with Crippen LogP contribution in [0.1, 0.15) is 27.2 Å². The summed E-state index contributed by atoms with van der Waals surface area (Å²) in [6.45, 7) is 5.05. The molecule has 1 fully saturated rings. The van der Waals surface area contributed by atoms with Crippen LogP contribution in [-0.4, -0.2) is 41.5 Å². The smallest absolute Gasteiger partial charge is 0.313 e. The van der Waals surface area contributed by atoms with Crippen molar-refractivity contribution in [1.82, 2.24) is 5.32 Å². The maximum absolute atomic E-state index is 11.8. The highest BCUT2D eigenvalue weighted by Gasteiger charge is 2.47. The first-order valence-electron chi connectivity index (χ1n) is 6.05. The van der Waals surface area contributed by atoms with Crippen LogP contribution in [0.25, 0.3) is 0 Å². The number of ether oxygens (including phenoxy) is 1. The first-order chi connectivity index (χ1) is 8.38. The van der Waals surface area contributed by atoms with Crippen LogP contribution in [0.5, 0.6) is 0 Å². The lowest BCUT2D eigenvalue weighted by atomic mass is 9.77. The summed E-state index contributed by atoms with van der Waals surface area (Å²) in [5.74, 6) is -2.19. The van der Waals surface area contributed by atoms with E-state index in [0.29, 0.717) is 0 Å². The molecule has 1 aliphatic rings. The fraction of sp³-hybridized carbons (Fsp3) is 0.750. The normalized spacial score (nSPS) is 25.7. The molecule has 0 aromatic carbocycles. The molecule has 0 aliphatic carbocycles. The van der Waals surface area contributed by atoms with Crippen molar-refractivity contribution in [2.45, 2.75) is 39.3 Å². The molecule has 0 radical (unpaired) electrons. The molecule has 18 heavy (non-hydrogen) atoms. The highest BCUT2D eigenvalue weighted by Crippen LogP contribution is 2.26. The maximum Gasteiger partial charge on any atom is 0.313 e. The highest BCUT2D eigenvalue weighted by molar-refractivity contribution is 5.98. The summed E-state index contributed by atoms with van der Waals surface area (Å²) < 4.78 is 4.69. The third-order valence-electron chi connectivity index (χ3n) is 3.19. The van der Waals surface area contributed by atoms with Crippen LogP contribution in [0.3, 0.4) is 0 Å². The first-order valence-corrected chi connectivity index (χ1v) is 6.05. The van der Waals surface area contributed by atoms with Gasteiger partial charge < -0.3 is 15.2 Å². The van der Waals surface area contributed by atoms with E-state index in [0.717, 1.165) is 0 Å². The lowest BCUT2D eigenvalue weighted by Gasteiger charge is -2.41. The van der Waals surface area contributed by atoms with Gasteiger partial charge in [0, 0.05) is 5.92 Å². The van der Waals surface area contributed by atoms with Crippen molar-refractivity contribution in [1.29, 1.82) is 0 Å². The molecule has 2 N–H and O–H groups in total. The number of β-lactam (4-membered cyclic amide) rings is 1. The van der Waals surface area contributed by atoms with Crippen LogP contribution in [0.2, 0.25) is 0 Å². The number of amides is 1. The van der Waals surface area contributed by atoms with Crippen LogP contribution >= 0.6 is 0 Å². The Balaban J connectivity index is 2.54. The van der Waals surface area contributed by atoms with Crippen LogP contribution in [0, 0.1) is 11.8 Å². The number of Topliss-reactive ketones (excluding diaryl/α,β-unsaturated/α-hetero) is 1. The minimum atomic E-state index is -0.804. The summed E-state index contributed by atoms with van der Waals surface area (Å²) in [5, 5.41) is 12.0. The molecule has 6 heteroatoms. The number of nitrogens with one attached hydrogen (secondary N) is 1. The third kappa shape index (κ3) is 3.07. The van der Waals surface area contributed by atoms with Gasteiger partial charge in [0.25, 0.3) is 0 Å². The quantitative estimate of drug-likeness (QED) is 0.385. The summed E-state index contributed by atoms with van der Waals surface area (Å²) in [5.41, 5.74) is 0. The number of hydrogen-bond donors (Lipinski definition) is 2. The van der Waals surface area contributed by atoms with Crippen molar-refractivity contribution in [2.75, 3.05) is 6.61 Å². The molecule has 0 aromatic rings. The molecule has 1 amide bonds. The van der Waals surface area contributed by atoms with Crippen LogP contribution in [-0.2, 0) is 19.1 Å². The summed E-state index contributed by atoms with van der Waals surface area (Å²) in [6.07, 6.45) is -1.10. The van der Waals surface area contributed by atoms with Crippen molar-refractivity contribution in [3.63, 3.8) is 0 Å². The van der Waals surface area contributed by atoms with E-state index in [9.17, 15) is 19.5 Å². The average Bonchev–Trinajstić information content (AvgIpc) is 2.23. The summed E-state index contributed by atoms with van der Waals surface area (Å²) in [6, 6.07) is -0.403. The standard InChI is InChI=1S/C12H19NO5/c1-4-18-9(16)5-8(15)6(2)11-10(7(3)14)12(17)13-11/h6-7,10-11,14H,4-5H2,1-3H3,(H,13,17)/t6-,7+,10+,11-/m0/s1. The van der Waals surface area contributed by atoms with Crippen LogP contribution in [0.15, 0.2) is 0 Å². The zero-order valence-corrected chi connectivity index (χ0v) is 10.8. The van der Waals surface area contributed by atoms with Gasteiger partial charge in [-0.25, -0.2) is 0 Å². The second-order valence-corrected chi connectivity index (χ2v) is 4.54. The minimum Gasteiger partial charge on any atom is -0.466 e. The van der Waals surface area contributed by atoms with Crippen molar-refractivity contribution < 1.29 is 24.2 Å². The molecule has 0 bridgehead atoms. The van der Waals surface area contributed by atoms with Crippen molar-refractivity contribution in [2.24, 2.45) is 11.8 Å². The van der Waals surface area contributed by atoms with E-state index in [1.165, 1.54) is 6.92 Å². The Morgan fingerprint density at radius 3 is 2.50 bits per heavy atom. The van der Waals surface area contributed by atoms with Gasteiger partial charge in [-0.15, -0.1) is 0 Å². The van der Waals surface area contributed by atoms with Gasteiger partial charge in [-0.2, -0.15) is 0 Å². The Labute approximate surface area is 106 Å². The fourth-order valence-corrected chi connectivity index (χ4v) is 2.09. The molecule has 6 nitrogen and oxygen atoms in total. The van der Waals surface area contributed by atoms with Crippen molar-refractivity contribution in [3.05, 3.63) is 0 Å². The number of esters is 1. The second-order valence-electron chi connectivity index (χ2n) is 4.54. The van der Waals surface area contributed by atoms with Crippen LogP contribution < -0.4 is 5.32 Å². The number of aliphatic hydroxyl groups excluding tert-OH is 1. The molecule has 1 saturated heterocycles. The molecule has 0 aromatic heterocycles. The Bertz CT molecular complexity index is 352. The predicted octanol–water partition coefficient (Wildman–Crippen LogP) is -0.360. The average molecular weight is 257 g/mol. The Morgan fingerprint density at radius 2 is 2.06 bits per heavy atom. The second kappa shape index (κ2) is 5.95. The monoisotopic (exact) mass is 257 g/mol. The Hall–Kier alpha value is -1.43. The zero-order chi connectivity index (χ0) is 13.9. The SMILES string of the molecule is CCOC(=O)CC(=O)[C@H](C)[C@@H]1NC(=O)[C@@H]1[C@@H](C)O. The lowest BCUT2D eigenvalue weighted by Crippen LogP contribution is -2.65. The largest absolute Gasteiger partial charge is 0.466 e. The summed E-state index contributed by atoms with van der Waals surface area (Å²) >= 11 is 0. The van der Waals surface area contributed by atoms with Crippen molar-refractivity contribution in [3.8, 4) is 0 Å². The van der Waals surface area contributed by atoms with Crippen molar-refractivity contribution >= 4 is 17.7 Å². The predicted molar refractivity (Wildman–Crippen MR) is 62.5 cm³/mol. The van der Waals surface area contributed by atoms with Crippen LogP contribution in [0.4, 0.5) is 0 Å². The van der Waals surface area contributed by atoms with Gasteiger partial charge >= 0.3 is 5.97 Å². The van der Waals surface area contributed by atoms with Gasteiger partial charge in [-0.1, -0.05) is 6.92 Å². The first kappa shape index (κ1) is 14.6. The number of aliphatic hydroxyl groups is 1. The molecule has 4 atom stereocenters. The maximum atomic E-state index is 11.8. The van der Waals surface area contributed by atoms with Gasteiger partial charge in [0.2, 0.25) is 5.91 Å². The molecule has 1 aliphatic heterocycles. The van der Waals surface area contributed by atoms with Gasteiger partial charge in [0.05, 0.1) is 24.7 Å². The molecule has 102 valence electrons. The molecule has 1 heterocycles. The number of carbonyl (C=O) groups excluding carboxylic acids is 3. The van der Waals surface area contributed by atoms with E-state index in [2.05, 4.69) is 5.32 Å². The number of ketones is 1. The van der Waals surface area contributed by atoms with Gasteiger partial charge in [0.1, 0.15) is 12.2 Å². The number of carbonyl (C=O) groups is 3. The zero-order valence-electron chi connectivity index (χ0n) is 10.8. The molecule has 0 unspecified atom stereocenters. The Morgan fingerprint density at radius 1 is 1.44 bits per heavy atom. The van der Waals surface area contributed by atoms with E-state index < -0.39 is 30.0 Å². The molecular formula is C12H19NO5. The van der Waals surface area contributed by atoms with E-state index in [1.54, 1.807) is 13.8 Å². The van der Waals surface area contributed by atoms with E-state index >= 15 is 0 Å². The lowest BCUT2D eigenvalue weighted by molar-refractivity contribution is -0.148. The van der Waals surface area contributed by atoms with Gasteiger partial charge in [-0.05, 0) is 13.8 Å². The summed E-state index contributed by atoms with van der Waals surface area (Å²) in [4.78, 5) is 34.3. The molecular weight excluding hydrogens is 238 g/mol. The van der Waals surface area contributed by atoms with Gasteiger partial charge in [-0.3, -0.25) is 14.4 Å². The fourth-order valence-electron chi connectivity index (χ4n) is 2.09. The van der Waals surface area contributed by atoms with Gasteiger partial charge in [0.15, 0.2) is 0 Å². The summed E-state index contributed by atoms with van der Waals surface area (Å²) in [7, 11) is 0.